The van der Waals surface area contributed by atoms with Crippen LogP contribution in [0.3, 0.4) is 0 Å². The van der Waals surface area contributed by atoms with Crippen molar-refractivity contribution < 1.29 is 29.2 Å². The normalized spacial score (nSPS) is 29.5. The van der Waals surface area contributed by atoms with E-state index in [0.717, 1.165) is 11.1 Å². The smallest absolute Gasteiger partial charge is 0.291 e. The molecular weight excluding hydrogens is 388 g/mol. The van der Waals surface area contributed by atoms with Gasteiger partial charge in [0.25, 0.3) is 5.91 Å². The summed E-state index contributed by atoms with van der Waals surface area (Å²) >= 11 is 0. The molecule has 1 aromatic carbocycles. The number of rotatable bonds is 7. The van der Waals surface area contributed by atoms with E-state index in [1.54, 1.807) is 7.11 Å². The third-order valence-corrected chi connectivity index (χ3v) is 6.57. The number of carbonyl (C=O) groups is 4. The highest BCUT2D eigenvalue weighted by Crippen LogP contribution is 2.49. The van der Waals surface area contributed by atoms with E-state index >= 15 is 0 Å². The Bertz CT molecular complexity index is 932. The zero-order chi connectivity index (χ0) is 21.6. The van der Waals surface area contributed by atoms with Gasteiger partial charge in [-0.25, -0.2) is 0 Å². The van der Waals surface area contributed by atoms with Crippen LogP contribution in [0.5, 0.6) is 0 Å². The summed E-state index contributed by atoms with van der Waals surface area (Å²) in [5.74, 6) is -2.85. The topological polar surface area (TPSA) is 135 Å². The number of likely N-dealkylation sites (tertiary alicyclic amines) is 1. The lowest BCUT2D eigenvalue weighted by Gasteiger charge is -2.26. The van der Waals surface area contributed by atoms with Crippen LogP contribution < -0.4 is 16.4 Å². The van der Waals surface area contributed by atoms with Crippen LogP contribution in [0.15, 0.2) is 18.2 Å². The Balaban J connectivity index is 1.77. The number of quaternary nitrogens is 1. The first-order chi connectivity index (χ1) is 14.3. The van der Waals surface area contributed by atoms with Crippen molar-refractivity contribution in [2.24, 2.45) is 17.6 Å². The fourth-order valence-electron chi connectivity index (χ4n) is 5.30. The SMILES string of the molecule is COCCCN1C(=O)[C@@H]2[C@H](CCC(N)=O)[NH2+][C@@]3(C(=O)Nc4ccc(C)cc43)[C@@H]2C1=O. The van der Waals surface area contributed by atoms with Gasteiger partial charge in [0.2, 0.25) is 23.3 Å². The van der Waals surface area contributed by atoms with Crippen LogP contribution in [0.2, 0.25) is 0 Å². The summed E-state index contributed by atoms with van der Waals surface area (Å²) in [5, 5.41) is 4.72. The van der Waals surface area contributed by atoms with E-state index in [4.69, 9.17) is 10.5 Å². The molecule has 0 radical (unpaired) electrons. The molecule has 9 nitrogen and oxygen atoms in total. The molecule has 4 atom stereocenters. The number of fused-ring (bicyclic) bond motifs is 4. The van der Waals surface area contributed by atoms with Crippen LogP contribution in [-0.2, 0) is 29.5 Å². The molecule has 9 heteroatoms. The fraction of sp³-hybridized carbons (Fsp3) is 0.524. The van der Waals surface area contributed by atoms with E-state index in [1.165, 1.54) is 4.90 Å². The first-order valence-electron chi connectivity index (χ1n) is 10.2. The number of hydrogen-bond donors (Lipinski definition) is 3. The molecule has 0 aromatic heterocycles. The van der Waals surface area contributed by atoms with Gasteiger partial charge >= 0.3 is 0 Å². The van der Waals surface area contributed by atoms with Gasteiger partial charge in [0, 0.05) is 38.7 Å². The Morgan fingerprint density at radius 2 is 2.07 bits per heavy atom. The predicted molar refractivity (Wildman–Crippen MR) is 106 cm³/mol. The zero-order valence-corrected chi connectivity index (χ0v) is 17.1. The molecule has 4 amide bonds. The van der Waals surface area contributed by atoms with Gasteiger partial charge in [-0.05, 0) is 25.5 Å². The minimum absolute atomic E-state index is 0.0912. The number of primary amides is 1. The summed E-state index contributed by atoms with van der Waals surface area (Å²) in [5.41, 5.74) is 6.48. The number of ether oxygens (including phenoxy) is 1. The van der Waals surface area contributed by atoms with Crippen molar-refractivity contribution in [3.63, 3.8) is 0 Å². The molecular formula is C21H27N4O5+. The Labute approximate surface area is 174 Å². The fourth-order valence-corrected chi connectivity index (χ4v) is 5.30. The molecule has 3 heterocycles. The second-order valence-electron chi connectivity index (χ2n) is 8.39. The Morgan fingerprint density at radius 3 is 2.77 bits per heavy atom. The summed E-state index contributed by atoms with van der Waals surface area (Å²) in [4.78, 5) is 52.7. The second-order valence-corrected chi connectivity index (χ2v) is 8.39. The lowest BCUT2D eigenvalue weighted by Crippen LogP contribution is -2.99. The van der Waals surface area contributed by atoms with E-state index in [1.807, 2.05) is 30.4 Å². The average molecular weight is 415 g/mol. The highest BCUT2D eigenvalue weighted by molar-refractivity contribution is 6.13. The highest BCUT2D eigenvalue weighted by atomic mass is 16.5. The summed E-state index contributed by atoms with van der Waals surface area (Å²) in [6, 6.07) is 5.24. The van der Waals surface area contributed by atoms with Crippen molar-refractivity contribution in [2.75, 3.05) is 25.6 Å². The van der Waals surface area contributed by atoms with Crippen LogP contribution in [0, 0.1) is 18.8 Å². The number of anilines is 1. The third-order valence-electron chi connectivity index (χ3n) is 6.57. The van der Waals surface area contributed by atoms with E-state index in [9.17, 15) is 19.2 Å². The molecule has 160 valence electrons. The molecule has 0 aliphatic carbocycles. The molecule has 4 rings (SSSR count). The lowest BCUT2D eigenvalue weighted by atomic mass is 9.76. The van der Waals surface area contributed by atoms with Gasteiger partial charge in [-0.1, -0.05) is 11.6 Å². The van der Waals surface area contributed by atoms with Crippen LogP contribution in [0.4, 0.5) is 5.69 Å². The Kier molecular flexibility index (Phi) is 5.11. The number of hydrogen-bond acceptors (Lipinski definition) is 5. The van der Waals surface area contributed by atoms with Crippen LogP contribution in [0.25, 0.3) is 0 Å². The molecule has 3 aliphatic rings. The molecule has 2 saturated heterocycles. The number of benzene rings is 1. The van der Waals surface area contributed by atoms with E-state index in [-0.39, 0.29) is 36.7 Å². The standard InChI is InChI=1S/C21H26N4O5/c1-11-4-5-13-12(10-11)21(20(29)23-13)17-16(14(24-21)6-7-15(22)26)18(27)25(19(17)28)8-3-9-30-2/h4-5,10,14,16-17,24H,3,6-9H2,1-2H3,(H2,22,26)(H,23,29)/p+1/t14-,16+,17-,21+/m0/s1. The largest absolute Gasteiger partial charge is 0.385 e. The summed E-state index contributed by atoms with van der Waals surface area (Å²) in [6.07, 6.45) is 0.948. The summed E-state index contributed by atoms with van der Waals surface area (Å²) in [7, 11) is 1.56. The average Bonchev–Trinajstić information content (AvgIpc) is 3.27. The Morgan fingerprint density at radius 1 is 1.30 bits per heavy atom. The molecule has 2 fully saturated rings. The van der Waals surface area contributed by atoms with Crippen molar-refractivity contribution in [3.8, 4) is 0 Å². The van der Waals surface area contributed by atoms with Crippen LogP contribution in [-0.4, -0.2) is 54.8 Å². The zero-order valence-electron chi connectivity index (χ0n) is 17.1. The van der Waals surface area contributed by atoms with Crippen LogP contribution in [0.1, 0.15) is 30.4 Å². The maximum Gasteiger partial charge on any atom is 0.291 e. The maximum absolute atomic E-state index is 13.4. The summed E-state index contributed by atoms with van der Waals surface area (Å²) < 4.78 is 5.05. The number of nitrogens with one attached hydrogen (secondary N) is 1. The molecule has 0 saturated carbocycles. The number of nitrogens with two attached hydrogens (primary N) is 2. The van der Waals surface area contributed by atoms with Crippen molar-refractivity contribution in [1.82, 2.24) is 4.90 Å². The maximum atomic E-state index is 13.4. The minimum Gasteiger partial charge on any atom is -0.385 e. The number of methoxy groups -OCH3 is 1. The molecule has 1 spiro atoms. The molecule has 3 aliphatic heterocycles. The molecule has 0 unspecified atom stereocenters. The molecule has 5 N–H and O–H groups in total. The Hall–Kier alpha value is -2.78. The first-order valence-corrected chi connectivity index (χ1v) is 10.2. The predicted octanol–water partition coefficient (Wildman–Crippen LogP) is -1.01. The van der Waals surface area contributed by atoms with E-state index in [0.29, 0.717) is 25.1 Å². The van der Waals surface area contributed by atoms with Crippen molar-refractivity contribution >= 4 is 29.3 Å². The monoisotopic (exact) mass is 415 g/mol. The van der Waals surface area contributed by atoms with E-state index in [2.05, 4.69) is 5.32 Å². The van der Waals surface area contributed by atoms with Gasteiger partial charge < -0.3 is 21.1 Å². The molecule has 30 heavy (non-hydrogen) atoms. The van der Waals surface area contributed by atoms with E-state index < -0.39 is 23.3 Å². The van der Waals surface area contributed by atoms with Gasteiger partial charge in [-0.15, -0.1) is 0 Å². The third kappa shape index (κ3) is 2.92. The highest BCUT2D eigenvalue weighted by Gasteiger charge is 2.73. The number of nitrogens with zero attached hydrogens (tertiary/aromatic N) is 1. The van der Waals surface area contributed by atoms with Crippen molar-refractivity contribution in [2.45, 2.75) is 37.8 Å². The van der Waals surface area contributed by atoms with Gasteiger partial charge in [0.05, 0.1) is 5.69 Å². The van der Waals surface area contributed by atoms with Gasteiger partial charge in [0.15, 0.2) is 0 Å². The second kappa shape index (κ2) is 7.48. The van der Waals surface area contributed by atoms with Crippen molar-refractivity contribution in [1.29, 1.82) is 0 Å². The van der Waals surface area contributed by atoms with Crippen LogP contribution >= 0.6 is 0 Å². The molecule has 0 bridgehead atoms. The number of aryl methyl sites for hydroxylation is 1. The number of amides is 4. The van der Waals surface area contributed by atoms with Gasteiger partial charge in [0.1, 0.15) is 17.9 Å². The minimum atomic E-state index is -1.21. The number of carbonyl (C=O) groups excluding carboxylic acids is 4. The van der Waals surface area contributed by atoms with Crippen molar-refractivity contribution in [3.05, 3.63) is 29.3 Å². The van der Waals surface area contributed by atoms with Gasteiger partial charge in [-0.3, -0.25) is 24.1 Å². The number of imide groups is 1. The lowest BCUT2D eigenvalue weighted by molar-refractivity contribution is -0.734. The van der Waals surface area contributed by atoms with Gasteiger partial charge in [-0.2, -0.15) is 0 Å². The quantitative estimate of drug-likeness (QED) is 0.387. The summed E-state index contributed by atoms with van der Waals surface area (Å²) in [6.45, 7) is 2.60. The first kappa shape index (κ1) is 20.5. The molecule has 1 aromatic rings.